The number of carbonyl (C=O) groups is 1. The fourth-order valence-electron chi connectivity index (χ4n) is 2.88. The topological polar surface area (TPSA) is 70.3 Å². The summed E-state index contributed by atoms with van der Waals surface area (Å²) in [5.41, 5.74) is 0.0116. The van der Waals surface area contributed by atoms with Gasteiger partial charge in [-0.25, -0.2) is 13.6 Å². The van der Waals surface area contributed by atoms with Gasteiger partial charge >= 0.3 is 5.97 Å². The maximum absolute atomic E-state index is 14.6. The summed E-state index contributed by atoms with van der Waals surface area (Å²) >= 11 is 0. The minimum absolute atomic E-state index is 0.0512. The number of halogens is 2. The molecule has 6 heteroatoms. The van der Waals surface area contributed by atoms with Crippen molar-refractivity contribution in [3.63, 3.8) is 0 Å². The minimum atomic E-state index is -0.901. The number of benzene rings is 3. The van der Waals surface area contributed by atoms with Crippen molar-refractivity contribution in [3.8, 4) is 17.2 Å². The summed E-state index contributed by atoms with van der Waals surface area (Å²) in [6.07, 6.45) is 0. The number of ether oxygens (including phenoxy) is 1. The highest BCUT2D eigenvalue weighted by Gasteiger charge is 2.20. The third kappa shape index (κ3) is 2.89. The van der Waals surface area contributed by atoms with Gasteiger partial charge in [0.2, 0.25) is 0 Å². The molecule has 0 saturated carbocycles. The van der Waals surface area contributed by atoms with Crippen molar-refractivity contribution < 1.29 is 23.4 Å². The van der Waals surface area contributed by atoms with E-state index in [2.05, 4.69) is 4.74 Å². The Morgan fingerprint density at radius 1 is 1.12 bits per heavy atom. The molecule has 0 bridgehead atoms. The van der Waals surface area contributed by atoms with Gasteiger partial charge in [0.1, 0.15) is 11.6 Å². The van der Waals surface area contributed by atoms with Crippen molar-refractivity contribution in [2.75, 3.05) is 7.11 Å². The van der Waals surface area contributed by atoms with E-state index in [-0.39, 0.29) is 27.8 Å². The van der Waals surface area contributed by atoms with Crippen LogP contribution in [0.2, 0.25) is 0 Å². The van der Waals surface area contributed by atoms with E-state index in [0.717, 1.165) is 12.1 Å². The zero-order valence-corrected chi connectivity index (χ0v) is 13.7. The van der Waals surface area contributed by atoms with E-state index in [0.29, 0.717) is 10.8 Å². The molecule has 1 N–H and O–H groups in total. The molecule has 3 rings (SSSR count). The molecule has 0 amide bonds. The fourth-order valence-corrected chi connectivity index (χ4v) is 2.88. The number of hydrogen-bond acceptors (Lipinski definition) is 4. The minimum Gasteiger partial charge on any atom is -0.465 e. The van der Waals surface area contributed by atoms with Crippen LogP contribution >= 0.6 is 0 Å². The van der Waals surface area contributed by atoms with Crippen LogP contribution in [-0.4, -0.2) is 18.2 Å². The number of esters is 1. The molecule has 3 aromatic rings. The Kier molecular flexibility index (Phi) is 4.65. The standard InChI is InChI=1S/C20H13F2NO3/c1-26-20(25)13-4-2-12-3-5-14(9-23)18(15(12)8-13)19-16(21)6-11(10-24)7-17(19)22/h2-8,24H,10H2,1H3. The van der Waals surface area contributed by atoms with E-state index >= 15 is 0 Å². The molecule has 0 heterocycles. The predicted octanol–water partition coefficient (Wildman–Crippen LogP) is 3.94. The quantitative estimate of drug-likeness (QED) is 0.724. The normalized spacial score (nSPS) is 10.6. The average Bonchev–Trinajstić information content (AvgIpc) is 2.66. The van der Waals surface area contributed by atoms with E-state index in [1.807, 2.05) is 6.07 Å². The zero-order valence-electron chi connectivity index (χ0n) is 13.7. The molecule has 0 aromatic heterocycles. The number of nitriles is 1. The Labute approximate surface area is 147 Å². The largest absolute Gasteiger partial charge is 0.465 e. The Balaban J connectivity index is 2.41. The first-order valence-electron chi connectivity index (χ1n) is 7.64. The SMILES string of the molecule is COC(=O)c1ccc2ccc(C#N)c(-c3c(F)cc(CO)cc3F)c2c1. The molecule has 26 heavy (non-hydrogen) atoms. The maximum Gasteiger partial charge on any atom is 0.337 e. The van der Waals surface area contributed by atoms with Gasteiger partial charge in [-0.1, -0.05) is 12.1 Å². The Hall–Kier alpha value is -3.30. The summed E-state index contributed by atoms with van der Waals surface area (Å²) in [4.78, 5) is 11.8. The van der Waals surface area contributed by atoms with Gasteiger partial charge in [0, 0.05) is 5.56 Å². The molecule has 0 aliphatic rings. The van der Waals surface area contributed by atoms with Gasteiger partial charge in [0.15, 0.2) is 0 Å². The Bertz CT molecular complexity index is 1050. The van der Waals surface area contributed by atoms with Crippen LogP contribution in [0.25, 0.3) is 21.9 Å². The van der Waals surface area contributed by atoms with Gasteiger partial charge in [-0.3, -0.25) is 0 Å². The van der Waals surface area contributed by atoms with Crippen molar-refractivity contribution in [1.29, 1.82) is 5.26 Å². The van der Waals surface area contributed by atoms with E-state index < -0.39 is 24.2 Å². The maximum atomic E-state index is 14.6. The smallest absolute Gasteiger partial charge is 0.337 e. The van der Waals surface area contributed by atoms with Gasteiger partial charge in [0.05, 0.1) is 36.5 Å². The number of aliphatic hydroxyl groups is 1. The molecular weight excluding hydrogens is 340 g/mol. The molecule has 3 aromatic carbocycles. The summed E-state index contributed by atoms with van der Waals surface area (Å²) < 4.78 is 33.9. The summed E-state index contributed by atoms with van der Waals surface area (Å²) in [7, 11) is 1.23. The lowest BCUT2D eigenvalue weighted by Crippen LogP contribution is -2.02. The first-order chi connectivity index (χ1) is 12.5. The van der Waals surface area contributed by atoms with E-state index in [1.54, 1.807) is 12.1 Å². The van der Waals surface area contributed by atoms with Crippen molar-refractivity contribution in [2.45, 2.75) is 6.61 Å². The van der Waals surface area contributed by atoms with Gasteiger partial charge in [-0.2, -0.15) is 5.26 Å². The van der Waals surface area contributed by atoms with Crippen LogP contribution in [0.5, 0.6) is 0 Å². The number of nitrogens with zero attached hydrogens (tertiary/aromatic N) is 1. The monoisotopic (exact) mass is 353 g/mol. The van der Waals surface area contributed by atoms with Crippen molar-refractivity contribution in [2.24, 2.45) is 0 Å². The fraction of sp³-hybridized carbons (Fsp3) is 0.100. The number of rotatable bonds is 3. The lowest BCUT2D eigenvalue weighted by molar-refractivity contribution is 0.0601. The number of fused-ring (bicyclic) bond motifs is 1. The number of hydrogen-bond donors (Lipinski definition) is 1. The van der Waals surface area contributed by atoms with Crippen LogP contribution in [0.15, 0.2) is 42.5 Å². The van der Waals surface area contributed by atoms with Crippen LogP contribution in [0, 0.1) is 23.0 Å². The van der Waals surface area contributed by atoms with Crippen LogP contribution in [0.4, 0.5) is 8.78 Å². The zero-order chi connectivity index (χ0) is 18.8. The van der Waals surface area contributed by atoms with Gasteiger partial charge in [-0.15, -0.1) is 0 Å². The highest BCUT2D eigenvalue weighted by atomic mass is 19.1. The molecule has 0 saturated heterocycles. The second-order valence-electron chi connectivity index (χ2n) is 5.62. The predicted molar refractivity (Wildman–Crippen MR) is 91.3 cm³/mol. The highest BCUT2D eigenvalue weighted by molar-refractivity contribution is 6.03. The molecule has 4 nitrogen and oxygen atoms in total. The Morgan fingerprint density at radius 2 is 1.77 bits per heavy atom. The van der Waals surface area contributed by atoms with Gasteiger partial charge in [-0.05, 0) is 46.7 Å². The molecule has 0 fully saturated rings. The van der Waals surface area contributed by atoms with Crippen molar-refractivity contribution in [3.05, 3.63) is 70.8 Å². The third-order valence-corrected chi connectivity index (χ3v) is 4.10. The number of methoxy groups -OCH3 is 1. The van der Waals surface area contributed by atoms with Gasteiger partial charge < -0.3 is 9.84 Å². The molecule has 0 radical (unpaired) electrons. The number of carbonyl (C=O) groups excluding carboxylic acids is 1. The summed E-state index contributed by atoms with van der Waals surface area (Å²) in [5, 5.41) is 19.5. The van der Waals surface area contributed by atoms with Crippen LogP contribution < -0.4 is 0 Å². The lowest BCUT2D eigenvalue weighted by atomic mass is 9.91. The van der Waals surface area contributed by atoms with E-state index in [9.17, 15) is 18.8 Å². The van der Waals surface area contributed by atoms with Gasteiger partial charge in [0.25, 0.3) is 0 Å². The van der Waals surface area contributed by atoms with Crippen LogP contribution in [-0.2, 0) is 11.3 Å². The van der Waals surface area contributed by atoms with Crippen molar-refractivity contribution in [1.82, 2.24) is 0 Å². The van der Waals surface area contributed by atoms with Crippen LogP contribution in [0.3, 0.4) is 0 Å². The van der Waals surface area contributed by atoms with E-state index in [4.69, 9.17) is 5.11 Å². The molecule has 0 atom stereocenters. The lowest BCUT2D eigenvalue weighted by Gasteiger charge is -2.13. The molecule has 0 aliphatic heterocycles. The number of aliphatic hydroxyl groups excluding tert-OH is 1. The first kappa shape index (κ1) is 17.5. The highest BCUT2D eigenvalue weighted by Crippen LogP contribution is 2.36. The van der Waals surface area contributed by atoms with Crippen molar-refractivity contribution >= 4 is 16.7 Å². The van der Waals surface area contributed by atoms with Crippen LogP contribution in [0.1, 0.15) is 21.5 Å². The third-order valence-electron chi connectivity index (χ3n) is 4.10. The Morgan fingerprint density at radius 3 is 2.35 bits per heavy atom. The van der Waals surface area contributed by atoms with E-state index in [1.165, 1.54) is 25.3 Å². The molecule has 0 unspecified atom stereocenters. The first-order valence-corrected chi connectivity index (χ1v) is 7.64. The molecule has 0 aliphatic carbocycles. The second kappa shape index (κ2) is 6.90. The summed E-state index contributed by atoms with van der Waals surface area (Å²) in [5.74, 6) is -2.40. The summed E-state index contributed by atoms with van der Waals surface area (Å²) in [6, 6.07) is 11.7. The molecule has 0 spiro atoms. The summed E-state index contributed by atoms with van der Waals surface area (Å²) in [6.45, 7) is -0.513. The molecular formula is C20H13F2NO3. The second-order valence-corrected chi connectivity index (χ2v) is 5.62. The average molecular weight is 353 g/mol. The molecule has 130 valence electrons.